The normalized spacial score (nSPS) is 17.5. The average molecular weight is 392 g/mol. The highest BCUT2D eigenvalue weighted by Gasteiger charge is 2.31. The number of thiocarbonyl (C=S) groups is 1. The van der Waals surface area contributed by atoms with E-state index in [4.69, 9.17) is 16.6 Å². The van der Waals surface area contributed by atoms with Gasteiger partial charge in [-0.25, -0.2) is 0 Å². The third kappa shape index (κ3) is 3.46. The fourth-order valence-electron chi connectivity index (χ4n) is 2.40. The number of hydrogen-bond donors (Lipinski definition) is 3. The predicted octanol–water partition coefficient (Wildman–Crippen LogP) is 3.47. The van der Waals surface area contributed by atoms with E-state index in [0.717, 1.165) is 4.47 Å². The second kappa shape index (κ2) is 6.55. The second-order valence-electron chi connectivity index (χ2n) is 5.05. The van der Waals surface area contributed by atoms with Gasteiger partial charge in [-0.3, -0.25) is 4.79 Å². The zero-order chi connectivity index (χ0) is 16.4. The van der Waals surface area contributed by atoms with Gasteiger partial charge in [-0.05, 0) is 55.5 Å². The Kier molecular flexibility index (Phi) is 4.49. The monoisotopic (exact) mass is 391 g/mol. The number of halogens is 1. The molecule has 1 amide bonds. The molecular formula is C16H14BrN3O2S. The number of nitrogens with one attached hydrogen (secondary N) is 3. The molecule has 0 spiro atoms. The minimum absolute atomic E-state index is 0.214. The molecule has 1 aromatic heterocycles. The first-order valence-electron chi connectivity index (χ1n) is 6.93. The molecule has 5 nitrogen and oxygen atoms in total. The number of rotatable bonds is 3. The van der Waals surface area contributed by atoms with Gasteiger partial charge < -0.3 is 20.4 Å². The van der Waals surface area contributed by atoms with Crippen molar-refractivity contribution in [2.24, 2.45) is 0 Å². The topological polar surface area (TPSA) is 66.3 Å². The Bertz CT molecular complexity index is 769. The minimum atomic E-state index is -0.422. The Balaban J connectivity index is 1.90. The van der Waals surface area contributed by atoms with Crippen LogP contribution in [-0.2, 0) is 4.79 Å². The third-order valence-corrected chi connectivity index (χ3v) is 4.19. The van der Waals surface area contributed by atoms with Crippen LogP contribution in [0.5, 0.6) is 0 Å². The van der Waals surface area contributed by atoms with Gasteiger partial charge in [0, 0.05) is 15.9 Å². The SMILES string of the molecule is CC1=C(C(=O)Nc2ccc(Br)cc2)C(c2ccco2)NC(=S)N1. The lowest BCUT2D eigenvalue weighted by Crippen LogP contribution is -2.45. The van der Waals surface area contributed by atoms with E-state index in [1.807, 2.05) is 37.3 Å². The van der Waals surface area contributed by atoms with Crippen molar-refractivity contribution in [1.29, 1.82) is 0 Å². The van der Waals surface area contributed by atoms with E-state index in [2.05, 4.69) is 31.9 Å². The lowest BCUT2D eigenvalue weighted by atomic mass is 10.00. The smallest absolute Gasteiger partial charge is 0.255 e. The van der Waals surface area contributed by atoms with Gasteiger partial charge in [0.25, 0.3) is 5.91 Å². The van der Waals surface area contributed by atoms with E-state index in [9.17, 15) is 4.79 Å². The van der Waals surface area contributed by atoms with Gasteiger partial charge in [-0.2, -0.15) is 0 Å². The fourth-order valence-corrected chi connectivity index (χ4v) is 2.93. The van der Waals surface area contributed by atoms with Gasteiger partial charge in [0.15, 0.2) is 5.11 Å². The molecule has 0 fully saturated rings. The number of hydrogen-bond acceptors (Lipinski definition) is 3. The minimum Gasteiger partial charge on any atom is -0.467 e. The van der Waals surface area contributed by atoms with Crippen molar-refractivity contribution < 1.29 is 9.21 Å². The lowest BCUT2D eigenvalue weighted by Gasteiger charge is -2.28. The zero-order valence-corrected chi connectivity index (χ0v) is 14.6. The van der Waals surface area contributed by atoms with Gasteiger partial charge in [0.1, 0.15) is 11.8 Å². The number of furan rings is 1. The first-order chi connectivity index (χ1) is 11.0. The number of carbonyl (C=O) groups excluding carboxylic acids is 1. The van der Waals surface area contributed by atoms with Crippen molar-refractivity contribution in [3.8, 4) is 0 Å². The Hall–Kier alpha value is -2.12. The maximum atomic E-state index is 12.7. The summed E-state index contributed by atoms with van der Waals surface area (Å²) < 4.78 is 6.40. The van der Waals surface area contributed by atoms with Gasteiger partial charge in [-0.15, -0.1) is 0 Å². The maximum Gasteiger partial charge on any atom is 0.255 e. The number of carbonyl (C=O) groups is 1. The first-order valence-corrected chi connectivity index (χ1v) is 8.13. The molecule has 0 bridgehead atoms. The molecule has 1 atom stereocenters. The summed E-state index contributed by atoms with van der Waals surface area (Å²) in [5.41, 5.74) is 1.95. The van der Waals surface area contributed by atoms with E-state index >= 15 is 0 Å². The second-order valence-corrected chi connectivity index (χ2v) is 6.37. The van der Waals surface area contributed by atoms with Crippen LogP contribution in [0.3, 0.4) is 0 Å². The predicted molar refractivity (Wildman–Crippen MR) is 95.8 cm³/mol. The van der Waals surface area contributed by atoms with Crippen LogP contribution in [-0.4, -0.2) is 11.0 Å². The van der Waals surface area contributed by atoms with Crippen LogP contribution < -0.4 is 16.0 Å². The quantitative estimate of drug-likeness (QED) is 0.699. The Morgan fingerprint density at radius 1 is 1.30 bits per heavy atom. The summed E-state index contributed by atoms with van der Waals surface area (Å²) >= 11 is 8.55. The molecule has 1 unspecified atom stereocenters. The largest absolute Gasteiger partial charge is 0.467 e. The van der Waals surface area contributed by atoms with E-state index in [1.54, 1.807) is 12.3 Å². The van der Waals surface area contributed by atoms with Crippen LogP contribution in [0.4, 0.5) is 5.69 Å². The van der Waals surface area contributed by atoms with Crippen molar-refractivity contribution in [1.82, 2.24) is 10.6 Å². The van der Waals surface area contributed by atoms with Crippen LogP contribution in [0, 0.1) is 0 Å². The molecular weight excluding hydrogens is 378 g/mol. The highest BCUT2D eigenvalue weighted by molar-refractivity contribution is 9.10. The summed E-state index contributed by atoms with van der Waals surface area (Å²) in [5, 5.41) is 9.42. The number of benzene rings is 1. The third-order valence-electron chi connectivity index (χ3n) is 3.44. The molecule has 2 aromatic rings. The van der Waals surface area contributed by atoms with Crippen LogP contribution in [0.25, 0.3) is 0 Å². The van der Waals surface area contributed by atoms with E-state index in [1.165, 1.54) is 0 Å². The molecule has 1 aliphatic heterocycles. The molecule has 118 valence electrons. The number of allylic oxidation sites excluding steroid dienone is 1. The Labute approximate surface area is 147 Å². The molecule has 1 aliphatic rings. The van der Waals surface area contributed by atoms with Gasteiger partial charge in [-0.1, -0.05) is 15.9 Å². The summed E-state index contributed by atoms with van der Waals surface area (Å²) in [5.74, 6) is 0.419. The van der Waals surface area contributed by atoms with E-state index in [-0.39, 0.29) is 5.91 Å². The van der Waals surface area contributed by atoms with Crippen molar-refractivity contribution in [3.63, 3.8) is 0 Å². The molecule has 23 heavy (non-hydrogen) atoms. The summed E-state index contributed by atoms with van der Waals surface area (Å²) in [4.78, 5) is 12.7. The number of amides is 1. The highest BCUT2D eigenvalue weighted by Crippen LogP contribution is 2.28. The standard InChI is InChI=1S/C16H14BrN3O2S/c1-9-13(15(21)19-11-6-4-10(17)5-7-11)14(20-16(23)18-9)12-3-2-8-22-12/h2-8,14H,1H3,(H,19,21)(H2,18,20,23). The molecule has 7 heteroatoms. The maximum absolute atomic E-state index is 12.7. The van der Waals surface area contributed by atoms with Crippen LogP contribution in [0.1, 0.15) is 18.7 Å². The molecule has 0 radical (unpaired) electrons. The van der Waals surface area contributed by atoms with Gasteiger partial charge in [0.05, 0.1) is 11.8 Å². The van der Waals surface area contributed by atoms with Gasteiger partial charge >= 0.3 is 0 Å². The Morgan fingerprint density at radius 2 is 2.04 bits per heavy atom. The van der Waals surface area contributed by atoms with Crippen LogP contribution in [0.2, 0.25) is 0 Å². The molecule has 3 rings (SSSR count). The van der Waals surface area contributed by atoms with Gasteiger partial charge in [0.2, 0.25) is 0 Å². The van der Waals surface area contributed by atoms with Crippen molar-refractivity contribution in [3.05, 3.63) is 64.2 Å². The molecule has 0 aliphatic carbocycles. The van der Waals surface area contributed by atoms with Crippen molar-refractivity contribution in [2.75, 3.05) is 5.32 Å². The number of anilines is 1. The van der Waals surface area contributed by atoms with E-state index < -0.39 is 6.04 Å². The molecule has 1 aromatic carbocycles. The summed E-state index contributed by atoms with van der Waals surface area (Å²) in [6, 6.07) is 10.6. The van der Waals surface area contributed by atoms with E-state index in [0.29, 0.717) is 27.8 Å². The molecule has 3 N–H and O–H groups in total. The molecule has 0 saturated carbocycles. The average Bonchev–Trinajstić information content (AvgIpc) is 3.03. The highest BCUT2D eigenvalue weighted by atomic mass is 79.9. The fraction of sp³-hybridized carbons (Fsp3) is 0.125. The summed E-state index contributed by atoms with van der Waals surface area (Å²) in [6.07, 6.45) is 1.57. The zero-order valence-electron chi connectivity index (χ0n) is 12.2. The molecule has 0 saturated heterocycles. The molecule has 2 heterocycles. The summed E-state index contributed by atoms with van der Waals surface area (Å²) in [7, 11) is 0. The van der Waals surface area contributed by atoms with Crippen LogP contribution >= 0.6 is 28.1 Å². The first kappa shape index (κ1) is 15.8. The Morgan fingerprint density at radius 3 is 2.70 bits per heavy atom. The summed E-state index contributed by atoms with van der Waals surface area (Å²) in [6.45, 7) is 1.82. The van der Waals surface area contributed by atoms with Crippen molar-refractivity contribution >= 4 is 44.9 Å². The lowest BCUT2D eigenvalue weighted by molar-refractivity contribution is -0.113. The van der Waals surface area contributed by atoms with Crippen LogP contribution in [0.15, 0.2) is 62.8 Å². The van der Waals surface area contributed by atoms with Crippen molar-refractivity contribution in [2.45, 2.75) is 13.0 Å².